The minimum atomic E-state index is -0.300. The van der Waals surface area contributed by atoms with E-state index in [4.69, 9.17) is 4.42 Å². The van der Waals surface area contributed by atoms with E-state index in [0.29, 0.717) is 12.2 Å². The van der Waals surface area contributed by atoms with Crippen molar-refractivity contribution in [1.29, 1.82) is 0 Å². The monoisotopic (exact) mass is 385 g/mol. The maximum atomic E-state index is 12.8. The molecule has 1 heterocycles. The molecule has 28 heavy (non-hydrogen) atoms. The summed E-state index contributed by atoms with van der Waals surface area (Å²) in [6, 6.07) is 9.18. The zero-order chi connectivity index (χ0) is 20.8. The molecule has 152 valence electrons. The Labute approximate surface area is 167 Å². The second-order valence-electron chi connectivity index (χ2n) is 7.55. The molecule has 1 aromatic carbocycles. The van der Waals surface area contributed by atoms with Crippen molar-refractivity contribution in [3.8, 4) is 0 Å². The van der Waals surface area contributed by atoms with Crippen molar-refractivity contribution >= 4 is 23.2 Å². The number of anilines is 2. The molecule has 0 fully saturated rings. The normalized spacial score (nSPS) is 12.0. The first-order valence-electron chi connectivity index (χ1n) is 9.70. The third-order valence-corrected chi connectivity index (χ3v) is 4.80. The molecule has 2 aromatic rings. The molecule has 0 aliphatic heterocycles. The van der Waals surface area contributed by atoms with Gasteiger partial charge in [0.2, 0.25) is 5.91 Å². The number of nitrogens with zero attached hydrogens (tertiary/aromatic N) is 2. The number of carbonyl (C=O) groups is 2. The van der Waals surface area contributed by atoms with E-state index in [0.717, 1.165) is 17.7 Å². The molecule has 1 atom stereocenters. The van der Waals surface area contributed by atoms with Gasteiger partial charge < -0.3 is 19.5 Å². The third kappa shape index (κ3) is 5.15. The van der Waals surface area contributed by atoms with Crippen molar-refractivity contribution < 1.29 is 14.0 Å². The zero-order valence-corrected chi connectivity index (χ0v) is 17.7. The zero-order valence-electron chi connectivity index (χ0n) is 17.7. The molecule has 0 spiro atoms. The van der Waals surface area contributed by atoms with E-state index in [2.05, 4.69) is 19.2 Å². The van der Waals surface area contributed by atoms with Gasteiger partial charge in [0, 0.05) is 44.0 Å². The summed E-state index contributed by atoms with van der Waals surface area (Å²) in [6.45, 7) is 8.48. The molecule has 2 rings (SSSR count). The van der Waals surface area contributed by atoms with Crippen molar-refractivity contribution in [1.82, 2.24) is 4.90 Å². The molecule has 0 bridgehead atoms. The topological polar surface area (TPSA) is 65.8 Å². The van der Waals surface area contributed by atoms with Crippen molar-refractivity contribution in [2.45, 2.75) is 46.7 Å². The Bertz CT molecular complexity index is 797. The van der Waals surface area contributed by atoms with E-state index in [9.17, 15) is 9.59 Å². The van der Waals surface area contributed by atoms with Crippen LogP contribution in [0, 0.1) is 5.92 Å². The van der Waals surface area contributed by atoms with Crippen LogP contribution in [0.15, 0.2) is 41.0 Å². The van der Waals surface area contributed by atoms with Crippen molar-refractivity contribution in [3.05, 3.63) is 47.9 Å². The summed E-state index contributed by atoms with van der Waals surface area (Å²) >= 11 is 0. The Morgan fingerprint density at radius 2 is 1.86 bits per heavy atom. The second-order valence-corrected chi connectivity index (χ2v) is 7.55. The Balaban J connectivity index is 2.33. The Kier molecular flexibility index (Phi) is 7.26. The largest absolute Gasteiger partial charge is 0.459 e. The summed E-state index contributed by atoms with van der Waals surface area (Å²) in [6.07, 6.45) is 2.35. The van der Waals surface area contributed by atoms with E-state index in [1.165, 1.54) is 6.26 Å². The second kappa shape index (κ2) is 9.44. The number of amides is 2. The smallest absolute Gasteiger partial charge is 0.291 e. The van der Waals surface area contributed by atoms with E-state index >= 15 is 0 Å². The van der Waals surface area contributed by atoms with Crippen LogP contribution in [0.5, 0.6) is 0 Å². The van der Waals surface area contributed by atoms with Gasteiger partial charge in [-0.2, -0.15) is 0 Å². The average molecular weight is 386 g/mol. The van der Waals surface area contributed by atoms with Crippen LogP contribution in [0.4, 0.5) is 11.4 Å². The molecular weight excluding hydrogens is 354 g/mol. The van der Waals surface area contributed by atoms with Gasteiger partial charge in [0.05, 0.1) is 6.26 Å². The lowest BCUT2D eigenvalue weighted by Crippen LogP contribution is -2.40. The highest BCUT2D eigenvalue weighted by Gasteiger charge is 2.23. The lowest BCUT2D eigenvalue weighted by Gasteiger charge is -2.32. The van der Waals surface area contributed by atoms with Crippen molar-refractivity contribution in [3.63, 3.8) is 0 Å². The van der Waals surface area contributed by atoms with Gasteiger partial charge >= 0.3 is 0 Å². The van der Waals surface area contributed by atoms with Crippen LogP contribution in [-0.2, 0) is 11.3 Å². The van der Waals surface area contributed by atoms with Crippen LogP contribution in [0.25, 0.3) is 0 Å². The summed E-state index contributed by atoms with van der Waals surface area (Å²) < 4.78 is 5.15. The van der Waals surface area contributed by atoms with Gasteiger partial charge in [0.1, 0.15) is 0 Å². The highest BCUT2D eigenvalue weighted by atomic mass is 16.3. The van der Waals surface area contributed by atoms with Crippen LogP contribution in [0.2, 0.25) is 0 Å². The standard InChI is InChI=1S/C22H31N3O3/c1-7-16(4)25(22(27)15(2)3)14-17-13-18(10-11-19(17)24(5)6)23-21(26)20-9-8-12-28-20/h8-13,15-16H,7,14H2,1-6H3,(H,23,26). The average Bonchev–Trinajstić information content (AvgIpc) is 3.19. The fourth-order valence-electron chi connectivity index (χ4n) is 3.01. The van der Waals surface area contributed by atoms with Crippen LogP contribution in [-0.4, -0.2) is 36.9 Å². The number of benzene rings is 1. The quantitative estimate of drug-likeness (QED) is 0.732. The molecule has 2 amide bonds. The van der Waals surface area contributed by atoms with Gasteiger partial charge in [-0.25, -0.2) is 0 Å². The Hall–Kier alpha value is -2.76. The fraction of sp³-hybridized carbons (Fsp3) is 0.455. The first-order chi connectivity index (χ1) is 13.2. The molecule has 1 aromatic heterocycles. The molecule has 0 aliphatic carbocycles. The third-order valence-electron chi connectivity index (χ3n) is 4.80. The van der Waals surface area contributed by atoms with Gasteiger partial charge in [0.25, 0.3) is 5.91 Å². The van der Waals surface area contributed by atoms with E-state index in [1.54, 1.807) is 12.1 Å². The van der Waals surface area contributed by atoms with Gasteiger partial charge in [-0.15, -0.1) is 0 Å². The number of rotatable bonds is 8. The molecule has 1 unspecified atom stereocenters. The number of nitrogens with one attached hydrogen (secondary N) is 1. The number of hydrogen-bond donors (Lipinski definition) is 1. The maximum absolute atomic E-state index is 12.8. The van der Waals surface area contributed by atoms with E-state index in [1.807, 2.05) is 55.9 Å². The molecule has 0 saturated carbocycles. The minimum absolute atomic E-state index is 0.0707. The number of carbonyl (C=O) groups excluding carboxylic acids is 2. The Morgan fingerprint density at radius 3 is 2.39 bits per heavy atom. The van der Waals surface area contributed by atoms with Crippen molar-refractivity contribution in [2.24, 2.45) is 5.92 Å². The first kappa shape index (κ1) is 21.5. The summed E-state index contributed by atoms with van der Waals surface area (Å²) in [5.41, 5.74) is 2.67. The van der Waals surface area contributed by atoms with Crippen LogP contribution >= 0.6 is 0 Å². The number of furan rings is 1. The summed E-state index contributed by atoms with van der Waals surface area (Å²) in [7, 11) is 3.94. The Morgan fingerprint density at radius 1 is 1.14 bits per heavy atom. The van der Waals surface area contributed by atoms with Gasteiger partial charge in [0.15, 0.2) is 5.76 Å². The summed E-state index contributed by atoms with van der Waals surface area (Å²) in [4.78, 5) is 29.0. The molecule has 0 saturated heterocycles. The molecule has 1 N–H and O–H groups in total. The SMILES string of the molecule is CCC(C)N(Cc1cc(NC(=O)c2ccco2)ccc1N(C)C)C(=O)C(C)C. The summed E-state index contributed by atoms with van der Waals surface area (Å²) in [5, 5.41) is 2.86. The van der Waals surface area contributed by atoms with Crippen molar-refractivity contribution in [2.75, 3.05) is 24.3 Å². The predicted octanol–water partition coefficient (Wildman–Crippen LogP) is 4.38. The summed E-state index contributed by atoms with van der Waals surface area (Å²) in [5.74, 6) is 0.0165. The van der Waals surface area contributed by atoms with E-state index in [-0.39, 0.29) is 29.5 Å². The first-order valence-corrected chi connectivity index (χ1v) is 9.70. The maximum Gasteiger partial charge on any atom is 0.291 e. The lowest BCUT2D eigenvalue weighted by molar-refractivity contribution is -0.137. The van der Waals surface area contributed by atoms with Crippen LogP contribution in [0.3, 0.4) is 0 Å². The fourth-order valence-corrected chi connectivity index (χ4v) is 3.01. The van der Waals surface area contributed by atoms with Crippen LogP contribution < -0.4 is 10.2 Å². The van der Waals surface area contributed by atoms with Gasteiger partial charge in [-0.1, -0.05) is 20.8 Å². The molecular formula is C22H31N3O3. The van der Waals surface area contributed by atoms with Gasteiger partial charge in [-0.3, -0.25) is 9.59 Å². The highest BCUT2D eigenvalue weighted by Crippen LogP contribution is 2.26. The van der Waals surface area contributed by atoms with Crippen LogP contribution in [0.1, 0.15) is 50.2 Å². The molecule has 0 radical (unpaired) electrons. The predicted molar refractivity (Wildman–Crippen MR) is 113 cm³/mol. The molecule has 6 heteroatoms. The van der Waals surface area contributed by atoms with Gasteiger partial charge in [-0.05, 0) is 49.2 Å². The van der Waals surface area contributed by atoms with E-state index < -0.39 is 0 Å². The minimum Gasteiger partial charge on any atom is -0.459 e. The molecule has 0 aliphatic rings. The number of hydrogen-bond acceptors (Lipinski definition) is 4. The lowest BCUT2D eigenvalue weighted by atomic mass is 10.1. The molecule has 6 nitrogen and oxygen atoms in total. The highest BCUT2D eigenvalue weighted by molar-refractivity contribution is 6.02.